The Kier molecular flexibility index (Phi) is 8.02. The largest absolute Gasteiger partial charge is 0.494 e. The minimum absolute atomic E-state index is 0.172. The zero-order chi connectivity index (χ0) is 24.1. The van der Waals surface area contributed by atoms with E-state index in [-0.39, 0.29) is 11.0 Å². The molecule has 4 aromatic rings. The standard InChI is InChI=1S/C25H21ClIN3O3S/c1-2-3-11-32-18-6-4-5-15(12-18)23(31)30-25(34)28-17-8-10-22-21(14-17)29-24(33-22)19-13-16(27)7-9-20(19)26/h4-10,12-14H,2-3,11H2,1H3,(H2,28,30,31,34). The lowest BCUT2D eigenvalue weighted by molar-refractivity contribution is 0.0977. The van der Waals surface area contributed by atoms with E-state index >= 15 is 0 Å². The third-order valence-corrected chi connectivity index (χ3v) is 6.10. The van der Waals surface area contributed by atoms with Crippen molar-refractivity contribution >= 4 is 74.2 Å². The van der Waals surface area contributed by atoms with Crippen LogP contribution in [0.1, 0.15) is 30.1 Å². The van der Waals surface area contributed by atoms with Gasteiger partial charge in [-0.15, -0.1) is 0 Å². The minimum atomic E-state index is -0.323. The molecule has 0 aliphatic carbocycles. The number of fused-ring (bicyclic) bond motifs is 1. The number of hydrogen-bond donors (Lipinski definition) is 2. The van der Waals surface area contributed by atoms with E-state index < -0.39 is 0 Å². The van der Waals surface area contributed by atoms with Crippen molar-refractivity contribution < 1.29 is 13.9 Å². The Morgan fingerprint density at radius 3 is 2.85 bits per heavy atom. The third kappa shape index (κ3) is 6.05. The molecule has 0 radical (unpaired) electrons. The summed E-state index contributed by atoms with van der Waals surface area (Å²) in [6.45, 7) is 2.71. The van der Waals surface area contributed by atoms with Crippen LogP contribution in [0.3, 0.4) is 0 Å². The van der Waals surface area contributed by atoms with Crippen molar-refractivity contribution in [2.24, 2.45) is 0 Å². The zero-order valence-electron chi connectivity index (χ0n) is 18.2. The summed E-state index contributed by atoms with van der Waals surface area (Å²) >= 11 is 13.9. The van der Waals surface area contributed by atoms with Gasteiger partial charge < -0.3 is 14.5 Å². The average Bonchev–Trinajstić information content (AvgIpc) is 3.24. The number of hydrogen-bond acceptors (Lipinski definition) is 5. The summed E-state index contributed by atoms with van der Waals surface area (Å²) < 4.78 is 12.6. The van der Waals surface area contributed by atoms with Crippen LogP contribution in [0, 0.1) is 3.57 Å². The fourth-order valence-corrected chi connectivity index (χ4v) is 4.08. The number of thiocarbonyl (C=S) groups is 1. The molecule has 1 aromatic heterocycles. The lowest BCUT2D eigenvalue weighted by atomic mass is 10.2. The van der Waals surface area contributed by atoms with E-state index in [9.17, 15) is 4.79 Å². The Morgan fingerprint density at radius 1 is 1.18 bits per heavy atom. The van der Waals surface area contributed by atoms with Crippen molar-refractivity contribution in [3.8, 4) is 17.2 Å². The topological polar surface area (TPSA) is 76.4 Å². The molecule has 0 saturated heterocycles. The first kappa shape index (κ1) is 24.4. The van der Waals surface area contributed by atoms with Crippen LogP contribution in [0.5, 0.6) is 5.75 Å². The number of nitrogens with zero attached hydrogens (tertiary/aromatic N) is 1. The molecular formula is C25H21ClIN3O3S. The van der Waals surface area contributed by atoms with Crippen LogP contribution in [-0.2, 0) is 0 Å². The lowest BCUT2D eigenvalue weighted by Gasteiger charge is -2.10. The van der Waals surface area contributed by atoms with E-state index in [0.717, 1.165) is 22.0 Å². The number of anilines is 1. The van der Waals surface area contributed by atoms with Gasteiger partial charge in [0, 0.05) is 14.8 Å². The van der Waals surface area contributed by atoms with Gasteiger partial charge in [-0.25, -0.2) is 4.98 Å². The molecule has 0 bridgehead atoms. The van der Waals surface area contributed by atoms with Crippen LogP contribution >= 0.6 is 46.4 Å². The van der Waals surface area contributed by atoms with Crippen molar-refractivity contribution in [2.75, 3.05) is 11.9 Å². The number of amides is 1. The fourth-order valence-electron chi connectivity index (χ4n) is 3.18. The molecule has 0 unspecified atom stereocenters. The second-order valence-corrected chi connectivity index (χ2v) is 9.52. The van der Waals surface area contributed by atoms with E-state index in [1.54, 1.807) is 36.4 Å². The number of rotatable bonds is 7. The van der Waals surface area contributed by atoms with Crippen LogP contribution in [0.4, 0.5) is 5.69 Å². The van der Waals surface area contributed by atoms with Crippen LogP contribution < -0.4 is 15.4 Å². The monoisotopic (exact) mass is 605 g/mol. The summed E-state index contributed by atoms with van der Waals surface area (Å²) in [5, 5.41) is 6.45. The smallest absolute Gasteiger partial charge is 0.257 e. The Labute approximate surface area is 221 Å². The van der Waals surface area contributed by atoms with Gasteiger partial charge in [-0.1, -0.05) is 31.0 Å². The SMILES string of the molecule is CCCCOc1cccc(C(=O)NC(=S)Nc2ccc3oc(-c4cc(I)ccc4Cl)nc3c2)c1. The van der Waals surface area contributed by atoms with Crippen LogP contribution in [-0.4, -0.2) is 22.6 Å². The summed E-state index contributed by atoms with van der Waals surface area (Å²) in [6.07, 6.45) is 2.00. The minimum Gasteiger partial charge on any atom is -0.494 e. The second-order valence-electron chi connectivity index (χ2n) is 7.46. The molecule has 6 nitrogen and oxygen atoms in total. The number of ether oxygens (including phenoxy) is 1. The van der Waals surface area contributed by atoms with E-state index in [4.69, 9.17) is 33.0 Å². The van der Waals surface area contributed by atoms with E-state index in [1.165, 1.54) is 0 Å². The van der Waals surface area contributed by atoms with Gasteiger partial charge in [-0.3, -0.25) is 10.1 Å². The summed E-state index contributed by atoms with van der Waals surface area (Å²) in [5.41, 5.74) is 3.11. The number of halogens is 2. The molecule has 0 aliphatic heterocycles. The number of nitrogens with one attached hydrogen (secondary N) is 2. The number of carbonyl (C=O) groups is 1. The Balaban J connectivity index is 1.43. The number of benzene rings is 3. The van der Waals surface area contributed by atoms with Crippen molar-refractivity contribution in [1.29, 1.82) is 0 Å². The average molecular weight is 606 g/mol. The maximum Gasteiger partial charge on any atom is 0.257 e. The molecule has 9 heteroatoms. The van der Waals surface area contributed by atoms with Crippen molar-refractivity contribution in [3.05, 3.63) is 74.8 Å². The first-order valence-electron chi connectivity index (χ1n) is 10.6. The normalized spacial score (nSPS) is 10.8. The van der Waals surface area contributed by atoms with Gasteiger partial charge in [0.2, 0.25) is 5.89 Å². The summed E-state index contributed by atoms with van der Waals surface area (Å²) in [6, 6.07) is 18.1. The summed E-state index contributed by atoms with van der Waals surface area (Å²) in [5.74, 6) is 0.768. The first-order chi connectivity index (χ1) is 16.4. The van der Waals surface area contributed by atoms with Gasteiger partial charge in [-0.2, -0.15) is 0 Å². The van der Waals surface area contributed by atoms with Gasteiger partial charge in [0.25, 0.3) is 5.91 Å². The highest BCUT2D eigenvalue weighted by atomic mass is 127. The van der Waals surface area contributed by atoms with Crippen LogP contribution in [0.15, 0.2) is 65.1 Å². The Bertz CT molecular complexity index is 1360. The maximum absolute atomic E-state index is 12.6. The highest BCUT2D eigenvalue weighted by Crippen LogP contribution is 2.32. The maximum atomic E-state index is 12.6. The van der Waals surface area contributed by atoms with Crippen LogP contribution in [0.2, 0.25) is 5.02 Å². The molecule has 1 heterocycles. The number of unbranched alkanes of at least 4 members (excludes halogenated alkanes) is 1. The van der Waals surface area contributed by atoms with Gasteiger partial charge in [0.05, 0.1) is 17.2 Å². The molecule has 3 aromatic carbocycles. The molecular weight excluding hydrogens is 585 g/mol. The summed E-state index contributed by atoms with van der Waals surface area (Å²) in [7, 11) is 0. The molecule has 174 valence electrons. The van der Waals surface area contributed by atoms with Crippen molar-refractivity contribution in [3.63, 3.8) is 0 Å². The van der Waals surface area contributed by atoms with Crippen molar-refractivity contribution in [2.45, 2.75) is 19.8 Å². The van der Waals surface area contributed by atoms with Gasteiger partial charge in [-0.05, 0) is 95.8 Å². The number of carbonyl (C=O) groups excluding carboxylic acids is 1. The Hall–Kier alpha value is -2.69. The molecule has 1 amide bonds. The molecule has 4 rings (SSSR count). The lowest BCUT2D eigenvalue weighted by Crippen LogP contribution is -2.34. The highest BCUT2D eigenvalue weighted by molar-refractivity contribution is 14.1. The van der Waals surface area contributed by atoms with Gasteiger partial charge in [0.15, 0.2) is 10.7 Å². The number of aromatic nitrogens is 1. The Morgan fingerprint density at radius 2 is 2.03 bits per heavy atom. The molecule has 0 fully saturated rings. The molecule has 2 N–H and O–H groups in total. The molecule has 34 heavy (non-hydrogen) atoms. The van der Waals surface area contributed by atoms with E-state index in [0.29, 0.717) is 45.6 Å². The van der Waals surface area contributed by atoms with Crippen molar-refractivity contribution in [1.82, 2.24) is 10.3 Å². The van der Waals surface area contributed by atoms with E-state index in [2.05, 4.69) is 45.1 Å². The van der Waals surface area contributed by atoms with Crippen LogP contribution in [0.25, 0.3) is 22.6 Å². The highest BCUT2D eigenvalue weighted by Gasteiger charge is 2.14. The zero-order valence-corrected chi connectivity index (χ0v) is 22.0. The van der Waals surface area contributed by atoms with Gasteiger partial charge in [0.1, 0.15) is 11.3 Å². The summed E-state index contributed by atoms with van der Waals surface area (Å²) in [4.78, 5) is 17.2. The number of oxazole rings is 1. The molecule has 0 atom stereocenters. The van der Waals surface area contributed by atoms with E-state index in [1.807, 2.05) is 24.3 Å². The quantitative estimate of drug-likeness (QED) is 0.133. The van der Waals surface area contributed by atoms with Gasteiger partial charge >= 0.3 is 0 Å². The second kappa shape index (κ2) is 11.2. The molecule has 0 saturated carbocycles. The molecule has 0 aliphatic rings. The third-order valence-electron chi connectivity index (χ3n) is 4.89. The fraction of sp³-hybridized carbons (Fsp3) is 0.160. The first-order valence-corrected chi connectivity index (χ1v) is 12.5. The predicted octanol–water partition coefficient (Wildman–Crippen LogP) is 7.06. The molecule has 0 spiro atoms. The predicted molar refractivity (Wildman–Crippen MR) is 148 cm³/mol.